The van der Waals surface area contributed by atoms with Crippen molar-refractivity contribution in [3.8, 4) is 5.75 Å². The van der Waals surface area contributed by atoms with Crippen LogP contribution >= 0.6 is 11.8 Å². The fourth-order valence-corrected chi connectivity index (χ4v) is 3.04. The van der Waals surface area contributed by atoms with E-state index in [9.17, 15) is 9.59 Å². The molecule has 1 aliphatic heterocycles. The number of cyclic esters (lactones) is 1. The SMILES string of the molecule is O=C(CC1OC(=O)c2ccccc2S1)Oc1ccccc1. The number of benzene rings is 2. The van der Waals surface area contributed by atoms with E-state index in [4.69, 9.17) is 9.47 Å². The first-order valence-electron chi connectivity index (χ1n) is 6.45. The molecular formula is C16H12O4S. The Morgan fingerprint density at radius 3 is 2.62 bits per heavy atom. The van der Waals surface area contributed by atoms with Gasteiger partial charge in [0.1, 0.15) is 5.75 Å². The lowest BCUT2D eigenvalue weighted by molar-refractivity contribution is -0.135. The van der Waals surface area contributed by atoms with Crippen molar-refractivity contribution >= 4 is 23.7 Å². The molecule has 0 saturated heterocycles. The molecule has 2 aromatic rings. The second kappa shape index (κ2) is 6.01. The predicted octanol–water partition coefficient (Wildman–Crippen LogP) is 3.27. The first-order chi connectivity index (χ1) is 10.2. The van der Waals surface area contributed by atoms with Gasteiger partial charge in [0.2, 0.25) is 0 Å². The summed E-state index contributed by atoms with van der Waals surface area (Å²) < 4.78 is 10.4. The van der Waals surface area contributed by atoms with Gasteiger partial charge in [-0.2, -0.15) is 0 Å². The quantitative estimate of drug-likeness (QED) is 0.643. The van der Waals surface area contributed by atoms with E-state index >= 15 is 0 Å². The van der Waals surface area contributed by atoms with Crippen LogP contribution in [0, 0.1) is 0 Å². The highest BCUT2D eigenvalue weighted by Crippen LogP contribution is 2.35. The zero-order valence-electron chi connectivity index (χ0n) is 11.0. The Hall–Kier alpha value is -2.27. The van der Waals surface area contributed by atoms with Gasteiger partial charge in [-0.15, -0.1) is 0 Å². The third-order valence-electron chi connectivity index (χ3n) is 2.91. The highest BCUT2D eigenvalue weighted by molar-refractivity contribution is 8.00. The molecule has 2 aromatic carbocycles. The molecule has 1 unspecified atom stereocenters. The Kier molecular flexibility index (Phi) is 3.92. The smallest absolute Gasteiger partial charge is 0.340 e. The molecule has 3 rings (SSSR count). The van der Waals surface area contributed by atoms with Crippen LogP contribution in [0.2, 0.25) is 0 Å². The van der Waals surface area contributed by atoms with Crippen molar-refractivity contribution in [2.45, 2.75) is 16.8 Å². The van der Waals surface area contributed by atoms with Crippen LogP contribution < -0.4 is 4.74 Å². The second-order valence-corrected chi connectivity index (χ2v) is 5.64. The lowest BCUT2D eigenvalue weighted by Crippen LogP contribution is -2.25. The van der Waals surface area contributed by atoms with Crippen molar-refractivity contribution < 1.29 is 19.1 Å². The first kappa shape index (κ1) is 13.7. The van der Waals surface area contributed by atoms with E-state index in [2.05, 4.69) is 0 Å². The number of carbonyl (C=O) groups excluding carboxylic acids is 2. The van der Waals surface area contributed by atoms with Gasteiger partial charge in [-0.1, -0.05) is 42.1 Å². The van der Waals surface area contributed by atoms with Crippen molar-refractivity contribution in [2.24, 2.45) is 0 Å². The average Bonchev–Trinajstić information content (AvgIpc) is 2.48. The van der Waals surface area contributed by atoms with Crippen molar-refractivity contribution in [3.63, 3.8) is 0 Å². The molecule has 5 heteroatoms. The molecule has 0 N–H and O–H groups in total. The molecule has 1 atom stereocenters. The largest absolute Gasteiger partial charge is 0.447 e. The van der Waals surface area contributed by atoms with Gasteiger partial charge in [0.05, 0.1) is 12.0 Å². The van der Waals surface area contributed by atoms with Gasteiger partial charge >= 0.3 is 11.9 Å². The minimum absolute atomic E-state index is 0.0135. The number of ether oxygens (including phenoxy) is 2. The molecular weight excluding hydrogens is 288 g/mol. The molecule has 0 saturated carbocycles. The van der Waals surface area contributed by atoms with Crippen LogP contribution in [0.1, 0.15) is 16.8 Å². The predicted molar refractivity (Wildman–Crippen MR) is 78.2 cm³/mol. The van der Waals surface area contributed by atoms with E-state index in [-0.39, 0.29) is 6.42 Å². The summed E-state index contributed by atoms with van der Waals surface area (Å²) in [4.78, 5) is 24.5. The van der Waals surface area contributed by atoms with Gasteiger partial charge < -0.3 is 9.47 Å². The molecule has 4 nitrogen and oxygen atoms in total. The standard InChI is InChI=1S/C16H12O4S/c17-14(19-11-6-2-1-3-7-11)10-15-20-16(18)12-8-4-5-9-13(12)21-15/h1-9,15H,10H2. The summed E-state index contributed by atoms with van der Waals surface area (Å²) in [6.07, 6.45) is 0.0135. The molecule has 1 aliphatic rings. The number of esters is 2. The van der Waals surface area contributed by atoms with Gasteiger partial charge in [-0.25, -0.2) is 4.79 Å². The van der Waals surface area contributed by atoms with E-state index in [1.165, 1.54) is 11.8 Å². The van der Waals surface area contributed by atoms with Crippen molar-refractivity contribution in [3.05, 3.63) is 60.2 Å². The van der Waals surface area contributed by atoms with Crippen LogP contribution in [0.25, 0.3) is 0 Å². The van der Waals surface area contributed by atoms with Crippen LogP contribution in [-0.4, -0.2) is 17.4 Å². The third-order valence-corrected chi connectivity index (χ3v) is 4.05. The number of carbonyl (C=O) groups is 2. The van der Waals surface area contributed by atoms with E-state index in [0.29, 0.717) is 11.3 Å². The van der Waals surface area contributed by atoms with E-state index in [1.54, 1.807) is 36.4 Å². The van der Waals surface area contributed by atoms with Crippen LogP contribution in [-0.2, 0) is 9.53 Å². The monoisotopic (exact) mass is 300 g/mol. The summed E-state index contributed by atoms with van der Waals surface area (Å²) in [5.41, 5.74) is -0.0150. The van der Waals surface area contributed by atoms with Crippen molar-refractivity contribution in [1.29, 1.82) is 0 Å². The Morgan fingerprint density at radius 1 is 1.10 bits per heavy atom. The summed E-state index contributed by atoms with van der Waals surface area (Å²) >= 11 is 1.36. The Morgan fingerprint density at radius 2 is 1.81 bits per heavy atom. The fourth-order valence-electron chi connectivity index (χ4n) is 1.97. The molecule has 106 valence electrons. The highest BCUT2D eigenvalue weighted by atomic mass is 32.2. The highest BCUT2D eigenvalue weighted by Gasteiger charge is 2.29. The molecule has 1 heterocycles. The summed E-state index contributed by atoms with van der Waals surface area (Å²) in [6, 6.07) is 16.0. The van der Waals surface area contributed by atoms with Crippen molar-refractivity contribution in [1.82, 2.24) is 0 Å². The van der Waals surface area contributed by atoms with E-state index in [0.717, 1.165) is 4.90 Å². The molecule has 21 heavy (non-hydrogen) atoms. The maximum Gasteiger partial charge on any atom is 0.340 e. The second-order valence-electron chi connectivity index (χ2n) is 4.44. The molecule has 0 spiro atoms. The summed E-state index contributed by atoms with van der Waals surface area (Å²) in [6.45, 7) is 0. The molecule has 0 aliphatic carbocycles. The number of thioether (sulfide) groups is 1. The molecule has 0 radical (unpaired) electrons. The summed E-state index contributed by atoms with van der Waals surface area (Å²) in [7, 11) is 0. The van der Waals surface area contributed by atoms with Gasteiger partial charge in [0.15, 0.2) is 5.44 Å². The third kappa shape index (κ3) is 3.25. The number of para-hydroxylation sites is 1. The van der Waals surface area contributed by atoms with Crippen LogP contribution in [0.5, 0.6) is 5.75 Å². The number of hydrogen-bond donors (Lipinski definition) is 0. The number of rotatable bonds is 3. The Balaban J connectivity index is 1.64. The topological polar surface area (TPSA) is 52.6 Å². The first-order valence-corrected chi connectivity index (χ1v) is 7.33. The fraction of sp³-hybridized carbons (Fsp3) is 0.125. The minimum atomic E-state index is -0.552. The van der Waals surface area contributed by atoms with Gasteiger partial charge in [-0.3, -0.25) is 4.79 Å². The number of fused-ring (bicyclic) bond motifs is 1. The van der Waals surface area contributed by atoms with Gasteiger partial charge in [-0.05, 0) is 24.3 Å². The van der Waals surface area contributed by atoms with Gasteiger partial charge in [0.25, 0.3) is 0 Å². The summed E-state index contributed by atoms with van der Waals surface area (Å²) in [5, 5.41) is 0. The lowest BCUT2D eigenvalue weighted by atomic mass is 10.2. The molecule has 0 fully saturated rings. The van der Waals surface area contributed by atoms with Crippen LogP contribution in [0.3, 0.4) is 0 Å². The van der Waals surface area contributed by atoms with E-state index < -0.39 is 17.4 Å². The van der Waals surface area contributed by atoms with Crippen LogP contribution in [0.4, 0.5) is 0 Å². The zero-order valence-corrected chi connectivity index (χ0v) is 11.8. The van der Waals surface area contributed by atoms with E-state index in [1.807, 2.05) is 18.2 Å². The maximum absolute atomic E-state index is 11.9. The Bertz CT molecular complexity index is 669. The minimum Gasteiger partial charge on any atom is -0.447 e. The zero-order chi connectivity index (χ0) is 14.7. The van der Waals surface area contributed by atoms with Crippen LogP contribution in [0.15, 0.2) is 59.5 Å². The number of hydrogen-bond acceptors (Lipinski definition) is 5. The average molecular weight is 300 g/mol. The van der Waals surface area contributed by atoms with Crippen molar-refractivity contribution in [2.75, 3.05) is 0 Å². The maximum atomic E-state index is 11.9. The summed E-state index contributed by atoms with van der Waals surface area (Å²) in [5.74, 6) is -0.345. The normalized spacial score (nSPS) is 16.8. The Labute approximate surface area is 126 Å². The molecule has 0 bridgehead atoms. The molecule has 0 amide bonds. The van der Waals surface area contributed by atoms with Gasteiger partial charge in [0, 0.05) is 4.90 Å². The molecule has 0 aromatic heterocycles. The lowest BCUT2D eigenvalue weighted by Gasteiger charge is -2.23.